The lowest BCUT2D eigenvalue weighted by Gasteiger charge is -2.34. The molecule has 218 valence electrons. The third-order valence-corrected chi connectivity index (χ3v) is 8.26. The van der Waals surface area contributed by atoms with E-state index in [1.165, 1.54) is 34.8 Å². The molecule has 0 amide bonds. The monoisotopic (exact) mass is 575 g/mol. The first-order valence-corrected chi connectivity index (χ1v) is 14.5. The van der Waals surface area contributed by atoms with Gasteiger partial charge in [0.1, 0.15) is 4.90 Å². The number of piperazine rings is 1. The lowest BCUT2D eigenvalue weighted by atomic mass is 10.1. The average molecular weight is 576 g/mol. The predicted molar refractivity (Wildman–Crippen MR) is 156 cm³/mol. The molecule has 1 N–H and O–H groups in total. The Bertz CT molecular complexity index is 1350. The van der Waals surface area contributed by atoms with Gasteiger partial charge in [0.2, 0.25) is 10.0 Å². The molecule has 1 aliphatic heterocycles. The number of nitrogens with zero attached hydrogens (tertiary/aromatic N) is 6. The van der Waals surface area contributed by atoms with Gasteiger partial charge in [-0.2, -0.15) is 9.41 Å². The zero-order valence-corrected chi connectivity index (χ0v) is 24.3. The SMILES string of the molecule is CC(C)CN(CC(C)C)S(=O)(=O)c1cc([N+](=O)[O-])ccc1N/N=C\c1cc([N+](=O)[O-])ccc1N1CCN(C)CC1. The number of nitro benzene ring substituents is 2. The number of hydrogen-bond acceptors (Lipinski definition) is 10. The topological polar surface area (TPSA) is 155 Å². The Kier molecular flexibility index (Phi) is 10.2. The molecule has 2 aromatic rings. The second-order valence-electron chi connectivity index (χ2n) is 10.7. The Labute approximate surface area is 234 Å². The summed E-state index contributed by atoms with van der Waals surface area (Å²) in [6.07, 6.45) is 1.40. The first kappa shape index (κ1) is 30.9. The Morgan fingerprint density at radius 3 is 2.05 bits per heavy atom. The van der Waals surface area contributed by atoms with Gasteiger partial charge in [0.05, 0.1) is 21.7 Å². The molecule has 2 aromatic carbocycles. The Balaban J connectivity index is 2.01. The van der Waals surface area contributed by atoms with Crippen molar-refractivity contribution in [3.05, 3.63) is 62.2 Å². The maximum absolute atomic E-state index is 13.8. The molecule has 3 rings (SSSR count). The molecular formula is C26H37N7O6S. The Morgan fingerprint density at radius 2 is 1.50 bits per heavy atom. The van der Waals surface area contributed by atoms with Crippen molar-refractivity contribution in [3.8, 4) is 0 Å². The highest BCUT2D eigenvalue weighted by atomic mass is 32.2. The molecule has 13 nitrogen and oxygen atoms in total. The summed E-state index contributed by atoms with van der Waals surface area (Å²) < 4.78 is 28.9. The van der Waals surface area contributed by atoms with Crippen LogP contribution in [0.25, 0.3) is 0 Å². The molecule has 0 saturated carbocycles. The van der Waals surface area contributed by atoms with Gasteiger partial charge in [-0.25, -0.2) is 8.42 Å². The van der Waals surface area contributed by atoms with Gasteiger partial charge in [-0.05, 0) is 31.0 Å². The summed E-state index contributed by atoms with van der Waals surface area (Å²) in [7, 11) is -2.10. The van der Waals surface area contributed by atoms with Gasteiger partial charge in [0.25, 0.3) is 11.4 Å². The van der Waals surface area contributed by atoms with Crippen LogP contribution in [0, 0.1) is 32.1 Å². The Morgan fingerprint density at radius 1 is 0.950 bits per heavy atom. The number of hydrazone groups is 1. The highest BCUT2D eigenvalue weighted by molar-refractivity contribution is 7.89. The third kappa shape index (κ3) is 7.73. The number of anilines is 2. The quantitative estimate of drug-likeness (QED) is 0.225. The van der Waals surface area contributed by atoms with Crippen LogP contribution in [0.5, 0.6) is 0 Å². The highest BCUT2D eigenvalue weighted by Crippen LogP contribution is 2.31. The smallest absolute Gasteiger partial charge is 0.270 e. The summed E-state index contributed by atoms with van der Waals surface area (Å²) in [4.78, 5) is 25.8. The molecule has 0 bridgehead atoms. The molecule has 1 fully saturated rings. The highest BCUT2D eigenvalue weighted by Gasteiger charge is 2.30. The van der Waals surface area contributed by atoms with E-state index in [-0.39, 0.29) is 46.9 Å². The van der Waals surface area contributed by atoms with Crippen molar-refractivity contribution in [1.29, 1.82) is 0 Å². The van der Waals surface area contributed by atoms with Crippen LogP contribution in [0.1, 0.15) is 33.3 Å². The van der Waals surface area contributed by atoms with E-state index in [2.05, 4.69) is 20.3 Å². The normalized spacial score (nSPS) is 14.9. The van der Waals surface area contributed by atoms with E-state index >= 15 is 0 Å². The second-order valence-corrected chi connectivity index (χ2v) is 12.6. The van der Waals surface area contributed by atoms with Crippen LogP contribution in [-0.4, -0.2) is 80.0 Å². The fraction of sp³-hybridized carbons (Fsp3) is 0.500. The minimum atomic E-state index is -4.13. The fourth-order valence-electron chi connectivity index (χ4n) is 4.42. The van der Waals surface area contributed by atoms with Crippen molar-refractivity contribution in [2.75, 3.05) is 56.6 Å². The number of non-ortho nitro benzene ring substituents is 2. The van der Waals surface area contributed by atoms with Gasteiger partial charge in [-0.3, -0.25) is 25.7 Å². The molecule has 0 aromatic heterocycles. The van der Waals surface area contributed by atoms with Gasteiger partial charge in [0.15, 0.2) is 0 Å². The maximum atomic E-state index is 13.8. The van der Waals surface area contributed by atoms with Gasteiger partial charge >= 0.3 is 0 Å². The summed E-state index contributed by atoms with van der Waals surface area (Å²) in [6, 6.07) is 8.08. The van der Waals surface area contributed by atoms with Crippen molar-refractivity contribution in [1.82, 2.24) is 9.21 Å². The minimum absolute atomic E-state index is 0.0310. The number of benzene rings is 2. The van der Waals surface area contributed by atoms with E-state index in [1.807, 2.05) is 34.7 Å². The molecule has 40 heavy (non-hydrogen) atoms. The molecule has 1 aliphatic rings. The van der Waals surface area contributed by atoms with Crippen LogP contribution in [-0.2, 0) is 10.0 Å². The van der Waals surface area contributed by atoms with Crippen LogP contribution in [0.4, 0.5) is 22.7 Å². The lowest BCUT2D eigenvalue weighted by molar-refractivity contribution is -0.385. The van der Waals surface area contributed by atoms with Crippen molar-refractivity contribution in [2.24, 2.45) is 16.9 Å². The van der Waals surface area contributed by atoms with Crippen molar-refractivity contribution in [3.63, 3.8) is 0 Å². The standard InChI is InChI=1S/C26H37N7O6S/c1-19(2)17-31(18-20(3)4)40(38,39)26-15-23(33(36)37)6-8-24(26)28-27-16-21-14-22(32(34)35)7-9-25(21)30-12-10-29(5)11-13-30/h6-9,14-16,19-20,28H,10-13,17-18H2,1-5H3/b27-16-. The van der Waals surface area contributed by atoms with Crippen LogP contribution in [0.2, 0.25) is 0 Å². The molecular weight excluding hydrogens is 538 g/mol. The molecule has 1 heterocycles. The summed E-state index contributed by atoms with van der Waals surface area (Å²) in [5.41, 5.74) is 3.57. The van der Waals surface area contributed by atoms with Crippen LogP contribution in [0.15, 0.2) is 46.4 Å². The first-order valence-electron chi connectivity index (χ1n) is 13.1. The van der Waals surface area contributed by atoms with Crippen molar-refractivity contribution < 1.29 is 18.3 Å². The van der Waals surface area contributed by atoms with Gasteiger partial charge < -0.3 is 9.80 Å². The van der Waals surface area contributed by atoms with E-state index in [9.17, 15) is 28.6 Å². The van der Waals surface area contributed by atoms with Crippen LogP contribution < -0.4 is 10.3 Å². The molecule has 0 unspecified atom stereocenters. The maximum Gasteiger partial charge on any atom is 0.270 e. The molecule has 0 aliphatic carbocycles. The number of nitrogens with one attached hydrogen (secondary N) is 1. The van der Waals surface area contributed by atoms with Crippen molar-refractivity contribution in [2.45, 2.75) is 32.6 Å². The van der Waals surface area contributed by atoms with Gasteiger partial charge in [0, 0.05) is 74.8 Å². The van der Waals surface area contributed by atoms with Crippen LogP contribution >= 0.6 is 0 Å². The van der Waals surface area contributed by atoms with E-state index in [0.29, 0.717) is 5.56 Å². The van der Waals surface area contributed by atoms with E-state index in [4.69, 9.17) is 0 Å². The predicted octanol–water partition coefficient (Wildman–Crippen LogP) is 4.00. The molecule has 0 spiro atoms. The summed E-state index contributed by atoms with van der Waals surface area (Å²) in [6.45, 7) is 11.2. The Hall–Kier alpha value is -3.62. The van der Waals surface area contributed by atoms with Gasteiger partial charge in [-0.15, -0.1) is 0 Å². The molecule has 1 saturated heterocycles. The third-order valence-electron chi connectivity index (χ3n) is 6.39. The first-order chi connectivity index (χ1) is 18.8. The van der Waals surface area contributed by atoms with E-state index in [1.54, 1.807) is 6.07 Å². The molecule has 0 atom stereocenters. The van der Waals surface area contributed by atoms with E-state index in [0.717, 1.165) is 37.9 Å². The number of nitro groups is 2. The largest absolute Gasteiger partial charge is 0.368 e. The van der Waals surface area contributed by atoms with Gasteiger partial charge in [-0.1, -0.05) is 27.7 Å². The second kappa shape index (κ2) is 13.2. The molecule has 0 radical (unpaired) electrons. The summed E-state index contributed by atoms with van der Waals surface area (Å²) in [5, 5.41) is 27.2. The average Bonchev–Trinajstić information content (AvgIpc) is 2.88. The number of likely N-dealkylation sites (N-methyl/N-ethyl adjacent to an activating group) is 1. The zero-order valence-electron chi connectivity index (χ0n) is 23.5. The minimum Gasteiger partial charge on any atom is -0.368 e. The number of rotatable bonds is 12. The zero-order chi connectivity index (χ0) is 29.6. The van der Waals surface area contributed by atoms with Crippen LogP contribution in [0.3, 0.4) is 0 Å². The van der Waals surface area contributed by atoms with E-state index < -0.39 is 19.9 Å². The summed E-state index contributed by atoms with van der Waals surface area (Å²) >= 11 is 0. The van der Waals surface area contributed by atoms with Crippen molar-refractivity contribution >= 4 is 39.0 Å². The lowest BCUT2D eigenvalue weighted by Crippen LogP contribution is -2.44. The summed E-state index contributed by atoms with van der Waals surface area (Å²) in [5.74, 6) is 0.0621. The number of hydrogen-bond donors (Lipinski definition) is 1. The fourth-order valence-corrected chi connectivity index (χ4v) is 6.35. The molecule has 14 heteroatoms. The number of sulfonamides is 1.